The maximum atomic E-state index is 10.9. The third-order valence-corrected chi connectivity index (χ3v) is 2.75. The summed E-state index contributed by atoms with van der Waals surface area (Å²) in [5, 5.41) is 19.9. The van der Waals surface area contributed by atoms with Crippen LogP contribution in [0.1, 0.15) is 12.5 Å². The van der Waals surface area contributed by atoms with Gasteiger partial charge >= 0.3 is 0 Å². The fourth-order valence-corrected chi connectivity index (χ4v) is 1.51. The molecule has 0 aliphatic rings. The van der Waals surface area contributed by atoms with Gasteiger partial charge in [-0.1, -0.05) is 11.6 Å². The molecule has 0 aliphatic carbocycles. The van der Waals surface area contributed by atoms with Gasteiger partial charge in [-0.15, -0.1) is 0 Å². The van der Waals surface area contributed by atoms with Gasteiger partial charge in [0.1, 0.15) is 0 Å². The molecule has 1 aromatic rings. The van der Waals surface area contributed by atoms with Crippen molar-refractivity contribution in [3.05, 3.63) is 38.9 Å². The van der Waals surface area contributed by atoms with Crippen LogP contribution < -0.4 is 0 Å². The normalized spacial score (nSPS) is 12.2. The Morgan fingerprint density at radius 1 is 1.65 bits per heavy atom. The maximum Gasteiger partial charge on any atom is 0.275 e. The van der Waals surface area contributed by atoms with Crippen molar-refractivity contribution >= 4 is 17.3 Å². The van der Waals surface area contributed by atoms with E-state index in [2.05, 4.69) is 6.07 Å². The first-order valence-corrected chi connectivity index (χ1v) is 5.36. The highest BCUT2D eigenvalue weighted by Gasteiger charge is 2.17. The van der Waals surface area contributed by atoms with Crippen molar-refractivity contribution in [2.24, 2.45) is 0 Å². The first-order chi connectivity index (χ1) is 7.95. The van der Waals surface area contributed by atoms with Gasteiger partial charge < -0.3 is 0 Å². The van der Waals surface area contributed by atoms with E-state index in [1.165, 1.54) is 6.07 Å². The van der Waals surface area contributed by atoms with E-state index in [4.69, 9.17) is 16.9 Å². The molecule has 1 unspecified atom stereocenters. The Morgan fingerprint density at radius 2 is 2.29 bits per heavy atom. The van der Waals surface area contributed by atoms with E-state index >= 15 is 0 Å². The molecule has 1 atom stereocenters. The summed E-state index contributed by atoms with van der Waals surface area (Å²) >= 11 is 5.72. The Kier molecular flexibility index (Phi) is 4.44. The number of benzene rings is 1. The summed E-state index contributed by atoms with van der Waals surface area (Å²) in [7, 11) is 1.74. The fourth-order valence-electron chi connectivity index (χ4n) is 1.34. The zero-order valence-electron chi connectivity index (χ0n) is 9.55. The topological polar surface area (TPSA) is 70.2 Å². The molecule has 0 heterocycles. The third kappa shape index (κ3) is 3.41. The van der Waals surface area contributed by atoms with Crippen LogP contribution in [0.5, 0.6) is 0 Å². The number of nitro benzene ring substituents is 1. The van der Waals surface area contributed by atoms with Crippen LogP contribution in [0, 0.1) is 21.4 Å². The fraction of sp³-hybridized carbons (Fsp3) is 0.364. The molecule has 1 aromatic carbocycles. The van der Waals surface area contributed by atoms with E-state index in [0.29, 0.717) is 17.1 Å². The molecule has 1 rings (SSSR count). The van der Waals surface area contributed by atoms with Crippen LogP contribution >= 0.6 is 11.6 Å². The Balaban J connectivity index is 2.99. The van der Waals surface area contributed by atoms with Crippen molar-refractivity contribution < 1.29 is 4.92 Å². The van der Waals surface area contributed by atoms with Crippen LogP contribution in [-0.4, -0.2) is 22.9 Å². The molecule has 17 heavy (non-hydrogen) atoms. The highest BCUT2D eigenvalue weighted by Crippen LogP contribution is 2.24. The summed E-state index contributed by atoms with van der Waals surface area (Å²) in [5.74, 6) is 0. The predicted molar refractivity (Wildman–Crippen MR) is 64.6 cm³/mol. The Morgan fingerprint density at radius 3 is 2.82 bits per heavy atom. The molecule has 90 valence electrons. The molecule has 0 fully saturated rings. The van der Waals surface area contributed by atoms with Crippen LogP contribution in [0.2, 0.25) is 5.02 Å². The molecule has 0 aliphatic heterocycles. The average molecular weight is 254 g/mol. The number of nitriles is 1. The molecule has 0 saturated heterocycles. The van der Waals surface area contributed by atoms with E-state index in [1.807, 2.05) is 0 Å². The average Bonchev–Trinajstić information content (AvgIpc) is 2.29. The van der Waals surface area contributed by atoms with Crippen LogP contribution in [0.4, 0.5) is 5.69 Å². The molecule has 5 nitrogen and oxygen atoms in total. The van der Waals surface area contributed by atoms with Gasteiger partial charge in [0.15, 0.2) is 0 Å². The second kappa shape index (κ2) is 5.62. The largest absolute Gasteiger partial charge is 0.287 e. The summed E-state index contributed by atoms with van der Waals surface area (Å²) in [5.41, 5.74) is 0.526. The predicted octanol–water partition coefficient (Wildman–Crippen LogP) is 2.59. The van der Waals surface area contributed by atoms with E-state index in [-0.39, 0.29) is 11.7 Å². The molecule has 0 radical (unpaired) electrons. The molecular formula is C11H12ClN3O2. The van der Waals surface area contributed by atoms with Crippen LogP contribution in [-0.2, 0) is 6.54 Å². The smallest absolute Gasteiger partial charge is 0.275 e. The van der Waals surface area contributed by atoms with Gasteiger partial charge in [0.05, 0.1) is 17.0 Å². The minimum absolute atomic E-state index is 0.0190. The van der Waals surface area contributed by atoms with E-state index in [1.54, 1.807) is 31.0 Å². The molecular weight excluding hydrogens is 242 g/mol. The first kappa shape index (κ1) is 13.4. The summed E-state index contributed by atoms with van der Waals surface area (Å²) in [4.78, 5) is 12.1. The zero-order valence-corrected chi connectivity index (χ0v) is 10.3. The SMILES string of the molecule is CC(C#N)N(C)Cc1ccc(Cl)cc1[N+](=O)[O-]. The number of hydrogen-bond acceptors (Lipinski definition) is 4. The maximum absolute atomic E-state index is 10.9. The quantitative estimate of drug-likeness (QED) is 0.611. The van der Waals surface area contributed by atoms with Gasteiger partial charge in [0.25, 0.3) is 5.69 Å². The molecule has 0 aromatic heterocycles. The van der Waals surface area contributed by atoms with Gasteiger partial charge in [-0.25, -0.2) is 0 Å². The van der Waals surface area contributed by atoms with Crippen molar-refractivity contribution in [2.75, 3.05) is 7.05 Å². The molecule has 0 amide bonds. The third-order valence-electron chi connectivity index (χ3n) is 2.51. The highest BCUT2D eigenvalue weighted by atomic mass is 35.5. The minimum atomic E-state index is -0.466. The van der Waals surface area contributed by atoms with Crippen LogP contribution in [0.15, 0.2) is 18.2 Å². The lowest BCUT2D eigenvalue weighted by Crippen LogP contribution is -2.27. The lowest BCUT2D eigenvalue weighted by Gasteiger charge is -2.18. The van der Waals surface area contributed by atoms with Gasteiger partial charge in [-0.3, -0.25) is 15.0 Å². The Bertz CT molecular complexity index is 470. The van der Waals surface area contributed by atoms with Crippen molar-refractivity contribution in [2.45, 2.75) is 19.5 Å². The minimum Gasteiger partial charge on any atom is -0.287 e. The highest BCUT2D eigenvalue weighted by molar-refractivity contribution is 6.30. The van der Waals surface area contributed by atoms with Crippen molar-refractivity contribution in [3.63, 3.8) is 0 Å². The van der Waals surface area contributed by atoms with Gasteiger partial charge in [-0.05, 0) is 26.1 Å². The van der Waals surface area contributed by atoms with E-state index in [9.17, 15) is 10.1 Å². The lowest BCUT2D eigenvalue weighted by molar-refractivity contribution is -0.385. The number of nitro groups is 1. The number of halogens is 1. The van der Waals surface area contributed by atoms with Crippen LogP contribution in [0.3, 0.4) is 0 Å². The Labute approximate surface area is 104 Å². The van der Waals surface area contributed by atoms with Gasteiger partial charge in [0.2, 0.25) is 0 Å². The molecule has 0 bridgehead atoms. The monoisotopic (exact) mass is 253 g/mol. The van der Waals surface area contributed by atoms with Gasteiger partial charge in [-0.2, -0.15) is 5.26 Å². The number of nitrogens with zero attached hydrogens (tertiary/aromatic N) is 3. The lowest BCUT2D eigenvalue weighted by atomic mass is 10.1. The second-order valence-corrected chi connectivity index (χ2v) is 4.19. The molecule has 0 N–H and O–H groups in total. The summed E-state index contributed by atoms with van der Waals surface area (Å²) in [6, 6.07) is 6.31. The molecule has 0 spiro atoms. The van der Waals surface area contributed by atoms with Gasteiger partial charge in [0, 0.05) is 23.2 Å². The van der Waals surface area contributed by atoms with Crippen molar-refractivity contribution in [1.29, 1.82) is 5.26 Å². The van der Waals surface area contributed by atoms with Crippen LogP contribution in [0.25, 0.3) is 0 Å². The molecule has 0 saturated carbocycles. The van der Waals surface area contributed by atoms with E-state index in [0.717, 1.165) is 0 Å². The first-order valence-electron chi connectivity index (χ1n) is 4.98. The van der Waals surface area contributed by atoms with E-state index < -0.39 is 4.92 Å². The number of rotatable bonds is 4. The molecule has 6 heteroatoms. The van der Waals surface area contributed by atoms with Crippen molar-refractivity contribution in [1.82, 2.24) is 4.90 Å². The zero-order chi connectivity index (χ0) is 13.0. The standard InChI is InChI=1S/C11H12ClN3O2/c1-8(6-13)14(2)7-9-3-4-10(12)5-11(9)15(16)17/h3-5,8H,7H2,1-2H3. The summed E-state index contributed by atoms with van der Waals surface area (Å²) in [6.45, 7) is 2.07. The van der Waals surface area contributed by atoms with Crippen molar-refractivity contribution in [3.8, 4) is 6.07 Å². The Hall–Kier alpha value is -1.64. The summed E-state index contributed by atoms with van der Waals surface area (Å²) in [6.07, 6.45) is 0. The summed E-state index contributed by atoms with van der Waals surface area (Å²) < 4.78 is 0. The number of hydrogen-bond donors (Lipinski definition) is 0. The second-order valence-electron chi connectivity index (χ2n) is 3.75.